The average molecular weight is 205 g/mol. The molecular formula is C13H19NO. The van der Waals surface area contributed by atoms with Gasteiger partial charge in [0.2, 0.25) is 0 Å². The number of carbonyl (C=O) groups is 1. The van der Waals surface area contributed by atoms with Crippen molar-refractivity contribution in [2.75, 3.05) is 13.1 Å². The lowest BCUT2D eigenvalue weighted by molar-refractivity contribution is -0.112. The highest BCUT2D eigenvalue weighted by Crippen LogP contribution is 2.36. The summed E-state index contributed by atoms with van der Waals surface area (Å²) in [5.74, 6) is 0.103. The molecule has 82 valence electrons. The summed E-state index contributed by atoms with van der Waals surface area (Å²) in [6, 6.07) is 0.206. The third-order valence-corrected chi connectivity index (χ3v) is 3.52. The maximum Gasteiger partial charge on any atom is 0.182 e. The lowest BCUT2D eigenvalue weighted by Crippen LogP contribution is -2.47. The third kappa shape index (κ3) is 1.78. The van der Waals surface area contributed by atoms with E-state index in [9.17, 15) is 4.79 Å². The van der Waals surface area contributed by atoms with Crippen LogP contribution in [0.5, 0.6) is 0 Å². The molecule has 0 aromatic heterocycles. The van der Waals surface area contributed by atoms with Gasteiger partial charge in [0.25, 0.3) is 0 Å². The Labute approximate surface area is 91.6 Å². The predicted molar refractivity (Wildman–Crippen MR) is 61.7 cm³/mol. The molecule has 0 saturated carbocycles. The van der Waals surface area contributed by atoms with E-state index in [4.69, 9.17) is 0 Å². The molecule has 0 radical (unpaired) electrons. The van der Waals surface area contributed by atoms with Crippen LogP contribution in [0.4, 0.5) is 0 Å². The van der Waals surface area contributed by atoms with Crippen LogP contribution in [-0.2, 0) is 4.79 Å². The first-order valence-electron chi connectivity index (χ1n) is 5.69. The molecule has 0 bridgehead atoms. The van der Waals surface area contributed by atoms with Gasteiger partial charge in [0.15, 0.2) is 5.78 Å². The predicted octanol–water partition coefficient (Wildman–Crippen LogP) is 2.17. The zero-order chi connectivity index (χ0) is 11.1. The van der Waals surface area contributed by atoms with Gasteiger partial charge in [-0.1, -0.05) is 26.5 Å². The topological polar surface area (TPSA) is 20.3 Å². The second kappa shape index (κ2) is 3.60. The molecule has 2 rings (SSSR count). The number of hydrogen-bond donors (Lipinski definition) is 0. The fraction of sp³-hybridized carbons (Fsp3) is 0.615. The molecule has 1 aliphatic heterocycles. The fourth-order valence-electron chi connectivity index (χ4n) is 2.76. The van der Waals surface area contributed by atoms with E-state index < -0.39 is 0 Å². The van der Waals surface area contributed by atoms with E-state index in [1.807, 2.05) is 6.08 Å². The van der Waals surface area contributed by atoms with Crippen molar-refractivity contribution in [1.29, 1.82) is 0 Å². The van der Waals surface area contributed by atoms with Gasteiger partial charge in [-0.25, -0.2) is 0 Å². The monoisotopic (exact) mass is 205 g/mol. The van der Waals surface area contributed by atoms with E-state index in [2.05, 4.69) is 25.3 Å². The Morgan fingerprint density at radius 2 is 2.00 bits per heavy atom. The molecule has 0 amide bonds. The Hall–Kier alpha value is -0.890. The summed E-state index contributed by atoms with van der Waals surface area (Å²) in [4.78, 5) is 14.0. The highest BCUT2D eigenvalue weighted by molar-refractivity contribution is 6.05. The van der Waals surface area contributed by atoms with E-state index in [0.717, 1.165) is 18.7 Å². The van der Waals surface area contributed by atoms with E-state index in [1.165, 1.54) is 12.8 Å². The van der Waals surface area contributed by atoms with Crippen molar-refractivity contribution in [2.45, 2.75) is 32.7 Å². The number of carbonyl (C=O) groups excluding carboxylic acids is 1. The van der Waals surface area contributed by atoms with Gasteiger partial charge in [0.1, 0.15) is 0 Å². The van der Waals surface area contributed by atoms with Crippen LogP contribution in [0.3, 0.4) is 0 Å². The van der Waals surface area contributed by atoms with Crippen LogP contribution >= 0.6 is 0 Å². The van der Waals surface area contributed by atoms with Gasteiger partial charge in [0, 0.05) is 17.0 Å². The zero-order valence-corrected chi connectivity index (χ0v) is 9.62. The summed E-state index contributed by atoms with van der Waals surface area (Å²) in [6.07, 6.45) is 6.21. The van der Waals surface area contributed by atoms with Crippen LogP contribution in [0.2, 0.25) is 0 Å². The third-order valence-electron chi connectivity index (χ3n) is 3.52. The Kier molecular flexibility index (Phi) is 2.55. The Bertz CT molecular complexity index is 321. The number of ketones is 1. The molecule has 1 heterocycles. The average Bonchev–Trinajstić information content (AvgIpc) is 2.65. The van der Waals surface area contributed by atoms with Crippen LogP contribution < -0.4 is 0 Å². The molecule has 0 N–H and O–H groups in total. The van der Waals surface area contributed by atoms with E-state index in [1.54, 1.807) is 6.08 Å². The largest absolute Gasteiger partial charge is 0.295 e. The molecule has 2 heteroatoms. The van der Waals surface area contributed by atoms with Gasteiger partial charge < -0.3 is 0 Å². The van der Waals surface area contributed by atoms with Crippen LogP contribution in [0.1, 0.15) is 26.7 Å². The molecule has 1 saturated heterocycles. The van der Waals surface area contributed by atoms with Crippen molar-refractivity contribution in [1.82, 2.24) is 4.90 Å². The molecule has 2 aliphatic rings. The van der Waals surface area contributed by atoms with Crippen molar-refractivity contribution in [3.05, 3.63) is 24.3 Å². The minimum Gasteiger partial charge on any atom is -0.295 e. The smallest absolute Gasteiger partial charge is 0.182 e. The van der Waals surface area contributed by atoms with Gasteiger partial charge in [-0.2, -0.15) is 0 Å². The molecule has 1 unspecified atom stereocenters. The highest BCUT2D eigenvalue weighted by Gasteiger charge is 2.39. The van der Waals surface area contributed by atoms with Crippen molar-refractivity contribution in [3.8, 4) is 0 Å². The fourth-order valence-corrected chi connectivity index (χ4v) is 2.76. The number of likely N-dealkylation sites (tertiary alicyclic amines) is 1. The molecule has 0 spiro atoms. The second-order valence-corrected chi connectivity index (χ2v) is 5.19. The first-order valence-corrected chi connectivity index (χ1v) is 5.69. The summed E-state index contributed by atoms with van der Waals surface area (Å²) in [6.45, 7) is 10.6. The van der Waals surface area contributed by atoms with Crippen LogP contribution in [0.25, 0.3) is 0 Å². The summed E-state index contributed by atoms with van der Waals surface area (Å²) in [5, 5.41) is 0. The van der Waals surface area contributed by atoms with Crippen LogP contribution in [0.15, 0.2) is 24.3 Å². The summed E-state index contributed by atoms with van der Waals surface area (Å²) in [7, 11) is 0. The molecule has 1 aliphatic carbocycles. The zero-order valence-electron chi connectivity index (χ0n) is 9.62. The Morgan fingerprint density at radius 1 is 1.40 bits per heavy atom. The summed E-state index contributed by atoms with van der Waals surface area (Å²) in [5.41, 5.74) is 0.805. The Morgan fingerprint density at radius 3 is 2.60 bits per heavy atom. The van der Waals surface area contributed by atoms with Crippen molar-refractivity contribution < 1.29 is 4.79 Å². The molecule has 15 heavy (non-hydrogen) atoms. The van der Waals surface area contributed by atoms with Gasteiger partial charge in [-0.3, -0.25) is 9.69 Å². The highest BCUT2D eigenvalue weighted by atomic mass is 16.1. The standard InChI is InChI=1S/C13H19NO/c1-10-11(15)6-7-13(2,3)12(10)14-8-4-5-9-14/h6-7,12H,1,4-5,8-9H2,2-3H3. The molecule has 1 fully saturated rings. The minimum absolute atomic E-state index is 0.0370. The Balaban J connectivity index is 2.30. The number of hydrogen-bond acceptors (Lipinski definition) is 2. The van der Waals surface area contributed by atoms with Gasteiger partial charge in [0.05, 0.1) is 0 Å². The van der Waals surface area contributed by atoms with Crippen LogP contribution in [0, 0.1) is 5.41 Å². The molecule has 2 nitrogen and oxygen atoms in total. The van der Waals surface area contributed by atoms with Gasteiger partial charge >= 0.3 is 0 Å². The number of nitrogens with zero attached hydrogens (tertiary/aromatic N) is 1. The van der Waals surface area contributed by atoms with Crippen LogP contribution in [-0.4, -0.2) is 29.8 Å². The maximum absolute atomic E-state index is 11.6. The van der Waals surface area contributed by atoms with Crippen molar-refractivity contribution >= 4 is 5.78 Å². The van der Waals surface area contributed by atoms with Crippen molar-refractivity contribution in [3.63, 3.8) is 0 Å². The summed E-state index contributed by atoms with van der Waals surface area (Å²) < 4.78 is 0. The first kappa shape index (κ1) is 10.6. The van der Waals surface area contributed by atoms with Crippen molar-refractivity contribution in [2.24, 2.45) is 5.41 Å². The number of allylic oxidation sites excluding steroid dienone is 1. The molecule has 1 atom stereocenters. The van der Waals surface area contributed by atoms with E-state index >= 15 is 0 Å². The second-order valence-electron chi connectivity index (χ2n) is 5.19. The minimum atomic E-state index is 0.0370. The van der Waals surface area contributed by atoms with E-state index in [-0.39, 0.29) is 17.2 Å². The quantitative estimate of drug-likeness (QED) is 0.611. The lowest BCUT2D eigenvalue weighted by Gasteiger charge is -2.41. The SMILES string of the molecule is C=C1C(=O)C=CC(C)(C)C1N1CCCC1. The lowest BCUT2D eigenvalue weighted by atomic mass is 9.74. The molecule has 0 aromatic rings. The van der Waals surface area contributed by atoms with E-state index in [0.29, 0.717) is 0 Å². The number of rotatable bonds is 1. The normalized spacial score (nSPS) is 31.2. The maximum atomic E-state index is 11.6. The molecule has 0 aromatic carbocycles. The van der Waals surface area contributed by atoms with Gasteiger partial charge in [-0.05, 0) is 32.0 Å². The first-order chi connectivity index (χ1) is 7.02. The molecular weight excluding hydrogens is 186 g/mol. The summed E-state index contributed by atoms with van der Waals surface area (Å²) >= 11 is 0. The van der Waals surface area contributed by atoms with Gasteiger partial charge in [-0.15, -0.1) is 0 Å².